The van der Waals surface area contributed by atoms with E-state index >= 15 is 0 Å². The lowest BCUT2D eigenvalue weighted by Crippen LogP contribution is -2.43. The van der Waals surface area contributed by atoms with Gasteiger partial charge in [0.25, 0.3) is 0 Å². The highest BCUT2D eigenvalue weighted by Gasteiger charge is 2.31. The van der Waals surface area contributed by atoms with Crippen molar-refractivity contribution < 1.29 is 4.79 Å². The van der Waals surface area contributed by atoms with E-state index < -0.39 is 0 Å². The van der Waals surface area contributed by atoms with E-state index in [1.165, 1.54) is 6.92 Å². The van der Waals surface area contributed by atoms with Crippen LogP contribution in [0.15, 0.2) is 0 Å². The first-order valence-corrected chi connectivity index (χ1v) is 3.95. The topological polar surface area (TPSA) is 29.1 Å². The number of rotatable bonds is 1. The summed E-state index contributed by atoms with van der Waals surface area (Å²) in [6.07, 6.45) is 9.48. The zero-order valence-corrected chi connectivity index (χ0v) is 6.81. The quantitative estimate of drug-likeness (QED) is 0.558. The summed E-state index contributed by atoms with van der Waals surface area (Å²) in [5, 5.41) is 2.83. The molecule has 0 aromatic rings. The Morgan fingerprint density at radius 3 is 2.45 bits per heavy atom. The summed E-state index contributed by atoms with van der Waals surface area (Å²) in [6, 6.07) is 0. The van der Waals surface area contributed by atoms with Gasteiger partial charge in [-0.25, -0.2) is 0 Å². The van der Waals surface area contributed by atoms with Crippen molar-refractivity contribution in [3.63, 3.8) is 0 Å². The monoisotopic (exact) mass is 151 g/mol. The average Bonchev–Trinajstić information content (AvgIpc) is 2.36. The van der Waals surface area contributed by atoms with Crippen molar-refractivity contribution in [2.75, 3.05) is 0 Å². The fourth-order valence-corrected chi connectivity index (χ4v) is 1.62. The first kappa shape index (κ1) is 8.13. The molecule has 1 saturated carbocycles. The molecule has 1 N–H and O–H groups in total. The highest BCUT2D eigenvalue weighted by Crippen LogP contribution is 2.28. The van der Waals surface area contributed by atoms with Gasteiger partial charge in [0.1, 0.15) is 5.54 Å². The highest BCUT2D eigenvalue weighted by molar-refractivity contribution is 5.74. The molecule has 60 valence electrons. The summed E-state index contributed by atoms with van der Waals surface area (Å²) < 4.78 is 0. The maximum Gasteiger partial charge on any atom is 0.218 e. The van der Waals surface area contributed by atoms with Gasteiger partial charge in [0.05, 0.1) is 0 Å². The van der Waals surface area contributed by atoms with Crippen LogP contribution in [0, 0.1) is 12.3 Å². The van der Waals surface area contributed by atoms with Crippen LogP contribution in [0.25, 0.3) is 0 Å². The molecule has 0 atom stereocenters. The molecule has 1 aliphatic carbocycles. The SMILES string of the molecule is C#CC1(NC(C)=O)CCCC1. The second-order valence-electron chi connectivity index (χ2n) is 3.11. The first-order valence-electron chi connectivity index (χ1n) is 3.95. The zero-order valence-electron chi connectivity index (χ0n) is 6.81. The van der Waals surface area contributed by atoms with Crippen LogP contribution in [0.3, 0.4) is 0 Å². The molecule has 1 rings (SSSR count). The minimum atomic E-state index is -0.314. The Hall–Kier alpha value is -0.970. The average molecular weight is 151 g/mol. The van der Waals surface area contributed by atoms with E-state index in [9.17, 15) is 4.79 Å². The maximum absolute atomic E-state index is 10.8. The molecule has 0 unspecified atom stereocenters. The summed E-state index contributed by atoms with van der Waals surface area (Å²) in [5.41, 5.74) is -0.314. The van der Waals surface area contributed by atoms with Crippen LogP contribution in [0.5, 0.6) is 0 Å². The minimum Gasteiger partial charge on any atom is -0.340 e. The minimum absolute atomic E-state index is 0.0233. The van der Waals surface area contributed by atoms with Gasteiger partial charge in [-0.15, -0.1) is 6.42 Å². The van der Waals surface area contributed by atoms with Crippen molar-refractivity contribution in [1.29, 1.82) is 0 Å². The summed E-state index contributed by atoms with van der Waals surface area (Å²) in [5.74, 6) is 2.65. The van der Waals surface area contributed by atoms with Crippen molar-refractivity contribution in [3.8, 4) is 12.3 Å². The van der Waals surface area contributed by atoms with Gasteiger partial charge in [0.15, 0.2) is 0 Å². The van der Waals surface area contributed by atoms with E-state index in [2.05, 4.69) is 11.2 Å². The van der Waals surface area contributed by atoms with E-state index in [1.807, 2.05) is 0 Å². The highest BCUT2D eigenvalue weighted by atomic mass is 16.1. The van der Waals surface area contributed by atoms with Gasteiger partial charge in [-0.05, 0) is 25.7 Å². The van der Waals surface area contributed by atoms with Crippen LogP contribution in [0.2, 0.25) is 0 Å². The Morgan fingerprint density at radius 1 is 1.55 bits per heavy atom. The largest absolute Gasteiger partial charge is 0.340 e. The number of nitrogens with one attached hydrogen (secondary N) is 1. The molecule has 1 amide bonds. The van der Waals surface area contributed by atoms with Crippen LogP contribution in [-0.2, 0) is 4.79 Å². The molecule has 0 saturated heterocycles. The molecular formula is C9H13NO. The van der Waals surface area contributed by atoms with E-state index in [0.29, 0.717) is 0 Å². The molecule has 0 aromatic carbocycles. The lowest BCUT2D eigenvalue weighted by molar-refractivity contribution is -0.120. The first-order chi connectivity index (χ1) is 5.18. The van der Waals surface area contributed by atoms with E-state index in [1.54, 1.807) is 0 Å². The van der Waals surface area contributed by atoms with Crippen LogP contribution >= 0.6 is 0 Å². The molecule has 0 radical (unpaired) electrons. The van der Waals surface area contributed by atoms with Crippen LogP contribution in [0.4, 0.5) is 0 Å². The fourth-order valence-electron chi connectivity index (χ4n) is 1.62. The molecular weight excluding hydrogens is 138 g/mol. The van der Waals surface area contributed by atoms with Crippen LogP contribution in [0.1, 0.15) is 32.6 Å². The van der Waals surface area contributed by atoms with Crippen molar-refractivity contribution in [3.05, 3.63) is 0 Å². The van der Waals surface area contributed by atoms with Gasteiger partial charge in [-0.1, -0.05) is 5.92 Å². The number of carbonyl (C=O) groups is 1. The second kappa shape index (κ2) is 2.96. The molecule has 0 spiro atoms. The Morgan fingerprint density at radius 2 is 2.09 bits per heavy atom. The van der Waals surface area contributed by atoms with Gasteiger partial charge >= 0.3 is 0 Å². The van der Waals surface area contributed by atoms with Crippen LogP contribution < -0.4 is 5.32 Å². The van der Waals surface area contributed by atoms with Crippen LogP contribution in [-0.4, -0.2) is 11.4 Å². The Kier molecular flexibility index (Phi) is 2.19. The summed E-state index contributed by atoms with van der Waals surface area (Å²) in [7, 11) is 0. The fraction of sp³-hybridized carbons (Fsp3) is 0.667. The predicted molar refractivity (Wildman–Crippen MR) is 43.8 cm³/mol. The smallest absolute Gasteiger partial charge is 0.218 e. The molecule has 1 fully saturated rings. The molecule has 2 nitrogen and oxygen atoms in total. The number of hydrogen-bond acceptors (Lipinski definition) is 1. The lowest BCUT2D eigenvalue weighted by Gasteiger charge is -2.22. The third kappa shape index (κ3) is 1.74. The van der Waals surface area contributed by atoms with Crippen molar-refractivity contribution in [1.82, 2.24) is 5.32 Å². The summed E-state index contributed by atoms with van der Waals surface area (Å²) >= 11 is 0. The molecule has 0 aliphatic heterocycles. The van der Waals surface area contributed by atoms with Gasteiger partial charge in [0.2, 0.25) is 5.91 Å². The Bertz CT molecular complexity index is 196. The molecule has 0 aromatic heterocycles. The van der Waals surface area contributed by atoms with Gasteiger partial charge < -0.3 is 5.32 Å². The Labute approximate surface area is 67.4 Å². The molecule has 11 heavy (non-hydrogen) atoms. The predicted octanol–water partition coefficient (Wildman–Crippen LogP) is 1.07. The van der Waals surface area contributed by atoms with E-state index in [0.717, 1.165) is 25.7 Å². The third-order valence-corrected chi connectivity index (χ3v) is 2.15. The number of amides is 1. The van der Waals surface area contributed by atoms with Gasteiger partial charge in [0, 0.05) is 6.92 Å². The lowest BCUT2D eigenvalue weighted by atomic mass is 9.99. The molecule has 1 aliphatic rings. The normalized spacial score (nSPS) is 20.7. The van der Waals surface area contributed by atoms with Crippen molar-refractivity contribution in [2.24, 2.45) is 0 Å². The number of carbonyl (C=O) groups excluding carboxylic acids is 1. The summed E-state index contributed by atoms with van der Waals surface area (Å²) in [6.45, 7) is 1.51. The van der Waals surface area contributed by atoms with E-state index in [-0.39, 0.29) is 11.4 Å². The number of terminal acetylenes is 1. The zero-order chi connectivity index (χ0) is 8.32. The molecule has 0 bridgehead atoms. The second-order valence-corrected chi connectivity index (χ2v) is 3.11. The molecule has 2 heteroatoms. The molecule has 0 heterocycles. The van der Waals surface area contributed by atoms with Crippen molar-refractivity contribution in [2.45, 2.75) is 38.1 Å². The van der Waals surface area contributed by atoms with E-state index in [4.69, 9.17) is 6.42 Å². The van der Waals surface area contributed by atoms with Gasteiger partial charge in [-0.2, -0.15) is 0 Å². The van der Waals surface area contributed by atoms with Gasteiger partial charge in [-0.3, -0.25) is 4.79 Å². The van der Waals surface area contributed by atoms with Crippen molar-refractivity contribution >= 4 is 5.91 Å². The number of hydrogen-bond donors (Lipinski definition) is 1. The Balaban J connectivity index is 2.61. The standard InChI is InChI=1S/C9H13NO/c1-3-9(10-8(2)11)6-4-5-7-9/h1H,4-7H2,2H3,(H,10,11). The maximum atomic E-state index is 10.8. The summed E-state index contributed by atoms with van der Waals surface area (Å²) in [4.78, 5) is 10.8. The third-order valence-electron chi connectivity index (χ3n) is 2.15.